The normalized spacial score (nSPS) is 9.85. The fourth-order valence-electron chi connectivity index (χ4n) is 1.28. The summed E-state index contributed by atoms with van der Waals surface area (Å²) in [5.41, 5.74) is 1.55. The van der Waals surface area contributed by atoms with Crippen LogP contribution >= 0.6 is 31.9 Å². The number of aldehydes is 1. The average molecular weight is 401 g/mol. The molecule has 20 heavy (non-hydrogen) atoms. The van der Waals surface area contributed by atoms with Crippen LogP contribution in [0.15, 0.2) is 45.6 Å². The maximum atomic E-state index is 10.0. The molecule has 4 nitrogen and oxygen atoms in total. The lowest BCUT2D eigenvalue weighted by Crippen LogP contribution is -2.11. The molecular formula is C14H15Br2N3O. The average Bonchev–Trinajstić information content (AvgIpc) is 2.43. The lowest BCUT2D eigenvalue weighted by molar-refractivity contribution is 0.111. The summed E-state index contributed by atoms with van der Waals surface area (Å²) in [6.07, 6.45) is 4.12. The van der Waals surface area contributed by atoms with Crippen molar-refractivity contribution in [2.75, 3.05) is 14.1 Å². The van der Waals surface area contributed by atoms with Gasteiger partial charge in [0.15, 0.2) is 6.29 Å². The lowest BCUT2D eigenvalue weighted by atomic mass is 10.3. The first kappa shape index (κ1) is 16.9. The van der Waals surface area contributed by atoms with Gasteiger partial charge in [0.1, 0.15) is 5.69 Å². The molecule has 2 aromatic heterocycles. The van der Waals surface area contributed by atoms with Gasteiger partial charge in [0.05, 0.1) is 5.69 Å². The molecule has 0 aliphatic rings. The van der Waals surface area contributed by atoms with Crippen LogP contribution in [0, 0.1) is 0 Å². The lowest BCUT2D eigenvalue weighted by Gasteiger charge is -2.07. The maximum absolute atomic E-state index is 10.0. The molecule has 0 aromatic carbocycles. The molecular weight excluding hydrogens is 386 g/mol. The number of aromatic nitrogens is 2. The third-order valence-corrected chi connectivity index (χ3v) is 3.08. The van der Waals surface area contributed by atoms with Gasteiger partial charge in [-0.1, -0.05) is 0 Å². The van der Waals surface area contributed by atoms with Crippen molar-refractivity contribution in [3.05, 3.63) is 57.0 Å². The van der Waals surface area contributed by atoms with Crippen LogP contribution in [0.4, 0.5) is 0 Å². The topological polar surface area (TPSA) is 46.1 Å². The molecule has 0 aliphatic carbocycles. The highest BCUT2D eigenvalue weighted by Crippen LogP contribution is 2.08. The quantitative estimate of drug-likeness (QED) is 0.739. The number of halogens is 2. The molecule has 0 unspecified atom stereocenters. The summed E-state index contributed by atoms with van der Waals surface area (Å²) in [4.78, 5) is 20.1. The van der Waals surface area contributed by atoms with Crippen molar-refractivity contribution in [3.63, 3.8) is 0 Å². The van der Waals surface area contributed by atoms with Crippen LogP contribution in [0.1, 0.15) is 16.2 Å². The van der Waals surface area contributed by atoms with Crippen LogP contribution in [0.2, 0.25) is 0 Å². The van der Waals surface area contributed by atoms with E-state index in [2.05, 4.69) is 46.7 Å². The van der Waals surface area contributed by atoms with Crippen molar-refractivity contribution >= 4 is 38.1 Å². The van der Waals surface area contributed by atoms with Crippen LogP contribution < -0.4 is 0 Å². The van der Waals surface area contributed by atoms with Gasteiger partial charge in [-0.05, 0) is 70.2 Å². The molecule has 6 heteroatoms. The second-order valence-electron chi connectivity index (χ2n) is 4.22. The van der Waals surface area contributed by atoms with Crippen molar-refractivity contribution in [2.45, 2.75) is 6.54 Å². The summed E-state index contributed by atoms with van der Waals surface area (Å²) < 4.78 is 1.91. The summed E-state index contributed by atoms with van der Waals surface area (Å²) in [5.74, 6) is 0. The van der Waals surface area contributed by atoms with Crippen molar-refractivity contribution in [2.24, 2.45) is 0 Å². The van der Waals surface area contributed by atoms with Crippen LogP contribution in [-0.4, -0.2) is 35.2 Å². The van der Waals surface area contributed by atoms with Gasteiger partial charge in [0, 0.05) is 27.9 Å². The zero-order valence-corrected chi connectivity index (χ0v) is 14.4. The highest BCUT2D eigenvalue weighted by molar-refractivity contribution is 9.10. The van der Waals surface area contributed by atoms with E-state index in [0.717, 1.165) is 21.2 Å². The first-order valence-corrected chi connectivity index (χ1v) is 7.41. The molecule has 0 amide bonds. The minimum atomic E-state index is 0.457. The number of hydrogen-bond acceptors (Lipinski definition) is 4. The Balaban J connectivity index is 0.000000204. The fourth-order valence-corrected chi connectivity index (χ4v) is 1.75. The predicted octanol–water partition coefficient (Wildman–Crippen LogP) is 3.56. The molecule has 2 rings (SSSR count). The predicted molar refractivity (Wildman–Crippen MR) is 86.7 cm³/mol. The van der Waals surface area contributed by atoms with Gasteiger partial charge in [-0.25, -0.2) is 0 Å². The van der Waals surface area contributed by atoms with Crippen LogP contribution in [0.5, 0.6) is 0 Å². The Bertz CT molecular complexity index is 527. The summed E-state index contributed by atoms with van der Waals surface area (Å²) in [7, 11) is 4.06. The maximum Gasteiger partial charge on any atom is 0.168 e. The number of carbonyl (C=O) groups is 1. The van der Waals surface area contributed by atoms with Gasteiger partial charge in [0.25, 0.3) is 0 Å². The minimum Gasteiger partial charge on any atom is -0.304 e. The number of carbonyl (C=O) groups excluding carboxylic acids is 1. The number of nitrogens with zero attached hydrogens (tertiary/aromatic N) is 3. The highest BCUT2D eigenvalue weighted by atomic mass is 79.9. The molecule has 0 saturated carbocycles. The van der Waals surface area contributed by atoms with E-state index in [-0.39, 0.29) is 0 Å². The zero-order valence-electron chi connectivity index (χ0n) is 11.3. The van der Waals surface area contributed by atoms with E-state index in [9.17, 15) is 4.79 Å². The van der Waals surface area contributed by atoms with Crippen LogP contribution in [0.25, 0.3) is 0 Å². The Morgan fingerprint density at radius 2 is 1.65 bits per heavy atom. The summed E-state index contributed by atoms with van der Waals surface area (Å²) >= 11 is 6.53. The van der Waals surface area contributed by atoms with Crippen molar-refractivity contribution in [3.8, 4) is 0 Å². The molecule has 2 aromatic rings. The molecule has 0 bridgehead atoms. The molecule has 0 radical (unpaired) electrons. The van der Waals surface area contributed by atoms with Crippen molar-refractivity contribution in [1.82, 2.24) is 14.9 Å². The second-order valence-corrected chi connectivity index (χ2v) is 6.06. The number of hydrogen-bond donors (Lipinski definition) is 0. The fraction of sp³-hybridized carbons (Fsp3) is 0.214. The van der Waals surface area contributed by atoms with Gasteiger partial charge in [-0.2, -0.15) is 0 Å². The smallest absolute Gasteiger partial charge is 0.168 e. The largest absolute Gasteiger partial charge is 0.304 e. The third kappa shape index (κ3) is 6.88. The molecule has 0 aliphatic heterocycles. The SMILES string of the molecule is CN(C)Cc1ccc(Br)cn1.O=Cc1ccc(Br)cn1. The van der Waals surface area contributed by atoms with E-state index in [1.807, 2.05) is 32.4 Å². The molecule has 0 atom stereocenters. The Morgan fingerprint density at radius 1 is 1.05 bits per heavy atom. The molecule has 0 fully saturated rings. The molecule has 2 heterocycles. The van der Waals surface area contributed by atoms with Crippen molar-refractivity contribution < 1.29 is 4.79 Å². The van der Waals surface area contributed by atoms with E-state index in [1.54, 1.807) is 18.3 Å². The van der Waals surface area contributed by atoms with E-state index in [0.29, 0.717) is 12.0 Å². The minimum absolute atomic E-state index is 0.457. The zero-order chi connectivity index (χ0) is 15.0. The van der Waals surface area contributed by atoms with Gasteiger partial charge in [-0.3, -0.25) is 14.8 Å². The Hall–Kier alpha value is -1.11. The molecule has 0 spiro atoms. The Kier molecular flexibility index (Phi) is 7.58. The number of pyridine rings is 2. The van der Waals surface area contributed by atoms with Gasteiger partial charge >= 0.3 is 0 Å². The molecule has 106 valence electrons. The molecule has 0 saturated heterocycles. The van der Waals surface area contributed by atoms with Crippen LogP contribution in [0.3, 0.4) is 0 Å². The first-order valence-electron chi connectivity index (χ1n) is 5.83. The monoisotopic (exact) mass is 399 g/mol. The Labute approximate surface area is 135 Å². The van der Waals surface area contributed by atoms with E-state index in [1.165, 1.54) is 0 Å². The number of rotatable bonds is 3. The molecule has 0 N–H and O–H groups in total. The van der Waals surface area contributed by atoms with Gasteiger partial charge in [0.2, 0.25) is 0 Å². The first-order chi connectivity index (χ1) is 9.51. The van der Waals surface area contributed by atoms with E-state index >= 15 is 0 Å². The summed E-state index contributed by atoms with van der Waals surface area (Å²) in [6, 6.07) is 7.45. The summed E-state index contributed by atoms with van der Waals surface area (Å²) in [6.45, 7) is 0.896. The van der Waals surface area contributed by atoms with Gasteiger partial charge < -0.3 is 4.90 Å². The van der Waals surface area contributed by atoms with Crippen molar-refractivity contribution in [1.29, 1.82) is 0 Å². The second kappa shape index (κ2) is 8.94. The standard InChI is InChI=1S/C8H11BrN2.C6H4BrNO/c1-11(2)6-8-4-3-7(9)5-10-8;7-5-1-2-6(4-9)8-3-5/h3-5H,6H2,1-2H3;1-4H. The van der Waals surface area contributed by atoms with E-state index in [4.69, 9.17) is 0 Å². The van der Waals surface area contributed by atoms with Gasteiger partial charge in [-0.15, -0.1) is 0 Å². The highest BCUT2D eigenvalue weighted by Gasteiger charge is 1.94. The van der Waals surface area contributed by atoms with Crippen LogP contribution in [-0.2, 0) is 6.54 Å². The Morgan fingerprint density at radius 3 is 2.05 bits per heavy atom. The third-order valence-electron chi connectivity index (χ3n) is 2.14. The van der Waals surface area contributed by atoms with E-state index < -0.39 is 0 Å². The summed E-state index contributed by atoms with van der Waals surface area (Å²) in [5, 5.41) is 0.